The summed E-state index contributed by atoms with van der Waals surface area (Å²) >= 11 is 0. The molecule has 0 aromatic heterocycles. The molecule has 0 aliphatic carbocycles. The van der Waals surface area contributed by atoms with Crippen molar-refractivity contribution in [3.05, 3.63) is 0 Å². The summed E-state index contributed by atoms with van der Waals surface area (Å²) in [5, 5.41) is 18.0. The van der Waals surface area contributed by atoms with Crippen LogP contribution in [0.1, 0.15) is 34.1 Å². The summed E-state index contributed by atoms with van der Waals surface area (Å²) in [6, 6.07) is 0. The molecule has 0 atom stereocenters. The van der Waals surface area contributed by atoms with Gasteiger partial charge in [-0.05, 0) is 17.8 Å². The molecule has 0 aliphatic heterocycles. The molecular weight excluding hydrogens is 152 g/mol. The van der Waals surface area contributed by atoms with E-state index >= 15 is 0 Å². The van der Waals surface area contributed by atoms with Crippen LogP contribution >= 0.6 is 0 Å². The molecule has 0 heterocycles. The Balaban J connectivity index is 4.14. The monoisotopic (exact) mass is 174 g/mol. The molecule has 0 saturated heterocycles. The first kappa shape index (κ1) is 11.9. The molecule has 0 fully saturated rings. The van der Waals surface area contributed by atoms with Crippen molar-refractivity contribution in [1.82, 2.24) is 0 Å². The second-order valence-electron chi connectivity index (χ2n) is 4.65. The highest BCUT2D eigenvalue weighted by Crippen LogP contribution is 2.33. The normalized spacial score (nSPS) is 13.0. The number of aliphatic hydroxyl groups is 2. The van der Waals surface area contributed by atoms with Gasteiger partial charge in [0, 0.05) is 19.1 Å². The van der Waals surface area contributed by atoms with Crippen LogP contribution in [0, 0.1) is 17.3 Å². The molecule has 74 valence electrons. The Labute approximate surface area is 75.6 Å². The molecule has 0 bridgehead atoms. The van der Waals surface area contributed by atoms with E-state index in [2.05, 4.69) is 27.7 Å². The van der Waals surface area contributed by atoms with Crippen molar-refractivity contribution < 1.29 is 10.2 Å². The first-order valence-electron chi connectivity index (χ1n) is 4.65. The lowest BCUT2D eigenvalue weighted by molar-refractivity contribution is 0.0481. The van der Waals surface area contributed by atoms with Crippen molar-refractivity contribution >= 4 is 0 Å². The van der Waals surface area contributed by atoms with Gasteiger partial charge in [0.2, 0.25) is 0 Å². The van der Waals surface area contributed by atoms with Crippen molar-refractivity contribution in [2.45, 2.75) is 34.1 Å². The maximum atomic E-state index is 9.01. The molecule has 0 aliphatic rings. The van der Waals surface area contributed by atoms with Gasteiger partial charge in [0.1, 0.15) is 0 Å². The van der Waals surface area contributed by atoms with Crippen molar-refractivity contribution in [1.29, 1.82) is 0 Å². The summed E-state index contributed by atoms with van der Waals surface area (Å²) in [6.07, 6.45) is 1.04. The summed E-state index contributed by atoms with van der Waals surface area (Å²) in [7, 11) is 0. The van der Waals surface area contributed by atoms with Crippen LogP contribution in [0.25, 0.3) is 0 Å². The average Bonchev–Trinajstić information content (AvgIpc) is 1.85. The summed E-state index contributed by atoms with van der Waals surface area (Å²) < 4.78 is 0. The summed E-state index contributed by atoms with van der Waals surface area (Å²) in [5.41, 5.74) is 0.0394. The fraction of sp³-hybridized carbons (Fsp3) is 1.00. The van der Waals surface area contributed by atoms with Crippen LogP contribution in [-0.2, 0) is 0 Å². The number of rotatable bonds is 5. The number of hydrogen-bond acceptors (Lipinski definition) is 2. The van der Waals surface area contributed by atoms with Gasteiger partial charge in [-0.25, -0.2) is 0 Å². The van der Waals surface area contributed by atoms with Gasteiger partial charge in [-0.3, -0.25) is 0 Å². The first-order chi connectivity index (χ1) is 5.44. The predicted molar refractivity (Wildman–Crippen MR) is 50.9 cm³/mol. The Morgan fingerprint density at radius 2 is 1.50 bits per heavy atom. The highest BCUT2D eigenvalue weighted by atomic mass is 16.3. The van der Waals surface area contributed by atoms with Crippen molar-refractivity contribution in [3.8, 4) is 0 Å². The van der Waals surface area contributed by atoms with E-state index in [0.717, 1.165) is 6.42 Å². The van der Waals surface area contributed by atoms with Crippen LogP contribution in [0.4, 0.5) is 0 Å². The second-order valence-corrected chi connectivity index (χ2v) is 4.65. The van der Waals surface area contributed by atoms with E-state index in [0.29, 0.717) is 5.92 Å². The van der Waals surface area contributed by atoms with E-state index in [1.54, 1.807) is 0 Å². The van der Waals surface area contributed by atoms with Gasteiger partial charge in [-0.15, -0.1) is 0 Å². The molecule has 2 nitrogen and oxygen atoms in total. The molecule has 2 heteroatoms. The quantitative estimate of drug-likeness (QED) is 0.665. The molecule has 0 saturated carbocycles. The van der Waals surface area contributed by atoms with Crippen LogP contribution in [0.3, 0.4) is 0 Å². The van der Waals surface area contributed by atoms with Crippen LogP contribution in [0.15, 0.2) is 0 Å². The minimum atomic E-state index is 0.0138. The van der Waals surface area contributed by atoms with Gasteiger partial charge in [0.15, 0.2) is 0 Å². The molecule has 0 spiro atoms. The lowest BCUT2D eigenvalue weighted by Gasteiger charge is -2.33. The van der Waals surface area contributed by atoms with Gasteiger partial charge >= 0.3 is 0 Å². The fourth-order valence-electron chi connectivity index (χ4n) is 1.77. The largest absolute Gasteiger partial charge is 0.396 e. The molecular formula is C10H22O2. The van der Waals surface area contributed by atoms with Crippen LogP contribution in [0.5, 0.6) is 0 Å². The predicted octanol–water partition coefficient (Wildman–Crippen LogP) is 1.66. The fourth-order valence-corrected chi connectivity index (χ4v) is 1.77. The van der Waals surface area contributed by atoms with Crippen molar-refractivity contribution in [2.24, 2.45) is 17.3 Å². The summed E-state index contributed by atoms with van der Waals surface area (Å²) in [6.45, 7) is 8.68. The Bertz CT molecular complexity index is 115. The zero-order chi connectivity index (χ0) is 9.78. The molecule has 0 rings (SSSR count). The standard InChI is InChI=1S/C10H22O2/c1-8(2)5-10(3,4)9(6-11)7-12/h8-9,11-12H,5-7H2,1-4H3. The maximum absolute atomic E-state index is 9.01. The number of hydrogen-bond donors (Lipinski definition) is 2. The van der Waals surface area contributed by atoms with Crippen LogP contribution in [-0.4, -0.2) is 23.4 Å². The third kappa shape index (κ3) is 3.55. The molecule has 0 aromatic carbocycles. The smallest absolute Gasteiger partial charge is 0.0486 e. The second kappa shape index (κ2) is 4.83. The van der Waals surface area contributed by atoms with E-state index in [4.69, 9.17) is 10.2 Å². The van der Waals surface area contributed by atoms with Gasteiger partial charge in [0.25, 0.3) is 0 Å². The zero-order valence-corrected chi connectivity index (χ0v) is 8.67. The minimum Gasteiger partial charge on any atom is -0.396 e. The molecule has 0 unspecified atom stereocenters. The maximum Gasteiger partial charge on any atom is 0.0486 e. The Hall–Kier alpha value is -0.0800. The lowest BCUT2D eigenvalue weighted by atomic mass is 9.74. The summed E-state index contributed by atoms with van der Waals surface area (Å²) in [5.74, 6) is 0.625. The topological polar surface area (TPSA) is 40.5 Å². The van der Waals surface area contributed by atoms with Crippen LogP contribution < -0.4 is 0 Å². The third-order valence-corrected chi connectivity index (χ3v) is 2.48. The van der Waals surface area contributed by atoms with Gasteiger partial charge in [0.05, 0.1) is 0 Å². The molecule has 2 N–H and O–H groups in total. The Kier molecular flexibility index (Phi) is 4.80. The van der Waals surface area contributed by atoms with E-state index < -0.39 is 0 Å². The highest BCUT2D eigenvalue weighted by Gasteiger charge is 2.28. The molecule has 12 heavy (non-hydrogen) atoms. The van der Waals surface area contributed by atoms with E-state index in [1.807, 2.05) is 0 Å². The Morgan fingerprint density at radius 3 is 1.75 bits per heavy atom. The SMILES string of the molecule is CC(C)CC(C)(C)C(CO)CO. The minimum absolute atomic E-state index is 0.0138. The zero-order valence-electron chi connectivity index (χ0n) is 8.67. The lowest BCUT2D eigenvalue weighted by Crippen LogP contribution is -2.31. The summed E-state index contributed by atoms with van der Waals surface area (Å²) in [4.78, 5) is 0. The average molecular weight is 174 g/mol. The van der Waals surface area contributed by atoms with Gasteiger partial charge in [-0.2, -0.15) is 0 Å². The third-order valence-electron chi connectivity index (χ3n) is 2.48. The van der Waals surface area contributed by atoms with Gasteiger partial charge < -0.3 is 10.2 Å². The first-order valence-corrected chi connectivity index (χ1v) is 4.65. The van der Waals surface area contributed by atoms with Crippen molar-refractivity contribution in [3.63, 3.8) is 0 Å². The molecule has 0 aromatic rings. The van der Waals surface area contributed by atoms with Crippen molar-refractivity contribution in [2.75, 3.05) is 13.2 Å². The van der Waals surface area contributed by atoms with E-state index in [9.17, 15) is 0 Å². The van der Waals surface area contributed by atoms with E-state index in [-0.39, 0.29) is 24.5 Å². The molecule has 0 radical (unpaired) electrons. The van der Waals surface area contributed by atoms with Crippen LogP contribution in [0.2, 0.25) is 0 Å². The van der Waals surface area contributed by atoms with Gasteiger partial charge in [-0.1, -0.05) is 27.7 Å². The number of aliphatic hydroxyl groups excluding tert-OH is 2. The van der Waals surface area contributed by atoms with E-state index in [1.165, 1.54) is 0 Å². The highest BCUT2D eigenvalue weighted by molar-refractivity contribution is 4.78. The Morgan fingerprint density at radius 1 is 1.08 bits per heavy atom. The molecule has 0 amide bonds.